The second-order valence-corrected chi connectivity index (χ2v) is 3.58. The molecule has 1 heterocycles. The van der Waals surface area contributed by atoms with Gasteiger partial charge in [-0.15, -0.1) is 11.3 Å². The maximum Gasteiger partial charge on any atom is 0.137 e. The zero-order valence-corrected chi connectivity index (χ0v) is 7.88. The summed E-state index contributed by atoms with van der Waals surface area (Å²) in [5, 5.41) is 11.7. The van der Waals surface area contributed by atoms with E-state index in [1.165, 1.54) is 4.70 Å². The third-order valence-corrected chi connectivity index (χ3v) is 2.74. The lowest BCUT2D eigenvalue weighted by molar-refractivity contribution is 0.203. The second kappa shape index (κ2) is 3.77. The van der Waals surface area contributed by atoms with Crippen molar-refractivity contribution in [1.82, 2.24) is 0 Å². The smallest absolute Gasteiger partial charge is 0.137 e. The molecule has 0 aliphatic heterocycles. The molecular formula is C10H10O2S. The first-order chi connectivity index (χ1) is 6.42. The minimum Gasteiger partial charge on any atom is -0.490 e. The molecule has 0 spiro atoms. The van der Waals surface area contributed by atoms with E-state index < -0.39 is 0 Å². The van der Waals surface area contributed by atoms with Gasteiger partial charge in [0.15, 0.2) is 0 Å². The van der Waals surface area contributed by atoms with Crippen molar-refractivity contribution in [2.24, 2.45) is 0 Å². The maximum absolute atomic E-state index is 8.62. The quantitative estimate of drug-likeness (QED) is 0.812. The van der Waals surface area contributed by atoms with Crippen LogP contribution in [0, 0.1) is 0 Å². The molecule has 0 saturated heterocycles. The van der Waals surface area contributed by atoms with Gasteiger partial charge in [-0.05, 0) is 12.1 Å². The van der Waals surface area contributed by atoms with Crippen LogP contribution in [0.5, 0.6) is 5.75 Å². The summed E-state index contributed by atoms with van der Waals surface area (Å²) in [5.41, 5.74) is 0. The zero-order chi connectivity index (χ0) is 9.10. The van der Waals surface area contributed by atoms with Crippen LogP contribution in [0.1, 0.15) is 0 Å². The Hall–Kier alpha value is -1.06. The van der Waals surface area contributed by atoms with E-state index in [1.807, 2.05) is 23.6 Å². The van der Waals surface area contributed by atoms with Gasteiger partial charge < -0.3 is 9.84 Å². The molecule has 1 aromatic carbocycles. The predicted molar refractivity (Wildman–Crippen MR) is 54.4 cm³/mol. The molecule has 13 heavy (non-hydrogen) atoms. The summed E-state index contributed by atoms with van der Waals surface area (Å²) in [6.45, 7) is 0.422. The Balaban J connectivity index is 2.35. The van der Waals surface area contributed by atoms with Gasteiger partial charge in [-0.3, -0.25) is 0 Å². The molecule has 2 nitrogen and oxygen atoms in total. The maximum atomic E-state index is 8.62. The van der Waals surface area contributed by atoms with Crippen molar-refractivity contribution >= 4 is 21.4 Å². The molecule has 3 heteroatoms. The number of aliphatic hydroxyl groups is 1. The molecule has 1 N–H and O–H groups in total. The highest BCUT2D eigenvalue weighted by molar-refractivity contribution is 7.17. The molecule has 0 unspecified atom stereocenters. The number of thiophene rings is 1. The van der Waals surface area contributed by atoms with E-state index in [4.69, 9.17) is 9.84 Å². The highest BCUT2D eigenvalue weighted by Gasteiger charge is 2.02. The fraction of sp³-hybridized carbons (Fsp3) is 0.200. The monoisotopic (exact) mass is 194 g/mol. The van der Waals surface area contributed by atoms with Gasteiger partial charge in [0.05, 0.1) is 6.61 Å². The largest absolute Gasteiger partial charge is 0.490 e. The topological polar surface area (TPSA) is 29.5 Å². The third kappa shape index (κ3) is 1.66. The van der Waals surface area contributed by atoms with Gasteiger partial charge in [0.1, 0.15) is 12.4 Å². The first-order valence-electron chi connectivity index (χ1n) is 4.11. The van der Waals surface area contributed by atoms with Crippen molar-refractivity contribution in [1.29, 1.82) is 0 Å². The van der Waals surface area contributed by atoms with Crippen LogP contribution in [0.15, 0.2) is 29.6 Å². The van der Waals surface area contributed by atoms with E-state index in [-0.39, 0.29) is 6.61 Å². The van der Waals surface area contributed by atoms with E-state index >= 15 is 0 Å². The van der Waals surface area contributed by atoms with E-state index in [2.05, 4.69) is 6.07 Å². The van der Waals surface area contributed by atoms with Crippen LogP contribution >= 0.6 is 11.3 Å². The predicted octanol–water partition coefficient (Wildman–Crippen LogP) is 2.27. The number of benzene rings is 1. The zero-order valence-electron chi connectivity index (χ0n) is 7.06. The lowest BCUT2D eigenvalue weighted by atomic mass is 10.2. The normalized spacial score (nSPS) is 10.5. The molecule has 0 saturated carbocycles. The van der Waals surface area contributed by atoms with E-state index in [0.29, 0.717) is 6.61 Å². The Morgan fingerprint density at radius 3 is 3.00 bits per heavy atom. The van der Waals surface area contributed by atoms with Gasteiger partial charge in [0.2, 0.25) is 0 Å². The number of rotatable bonds is 3. The summed E-state index contributed by atoms with van der Waals surface area (Å²) < 4.78 is 6.59. The minimum absolute atomic E-state index is 0.0597. The van der Waals surface area contributed by atoms with Gasteiger partial charge in [0, 0.05) is 15.5 Å². The molecule has 68 valence electrons. The summed E-state index contributed by atoms with van der Waals surface area (Å²) in [5.74, 6) is 0.870. The van der Waals surface area contributed by atoms with Gasteiger partial charge in [-0.2, -0.15) is 0 Å². The fourth-order valence-electron chi connectivity index (χ4n) is 1.22. The minimum atomic E-state index is 0.0597. The molecular weight excluding hydrogens is 184 g/mol. The first-order valence-corrected chi connectivity index (χ1v) is 4.99. The van der Waals surface area contributed by atoms with Gasteiger partial charge in [0.25, 0.3) is 0 Å². The molecule has 0 bridgehead atoms. The van der Waals surface area contributed by atoms with Crippen molar-refractivity contribution in [3.63, 3.8) is 0 Å². The van der Waals surface area contributed by atoms with Crippen LogP contribution in [-0.4, -0.2) is 18.3 Å². The molecule has 2 aromatic rings. The Labute approximate surface area is 80.4 Å². The number of fused-ring (bicyclic) bond motifs is 1. The van der Waals surface area contributed by atoms with Gasteiger partial charge in [-0.25, -0.2) is 0 Å². The van der Waals surface area contributed by atoms with Gasteiger partial charge >= 0.3 is 0 Å². The number of hydrogen-bond acceptors (Lipinski definition) is 3. The summed E-state index contributed by atoms with van der Waals surface area (Å²) in [6, 6.07) is 8.08. The van der Waals surface area contributed by atoms with E-state index in [1.54, 1.807) is 11.3 Å². The SMILES string of the molecule is OCCOc1csc2ccccc12. The Bertz CT molecular complexity index is 394. The lowest BCUT2D eigenvalue weighted by Crippen LogP contribution is -2.00. The number of hydrogen-bond donors (Lipinski definition) is 1. The molecule has 0 radical (unpaired) electrons. The lowest BCUT2D eigenvalue weighted by Gasteiger charge is -2.00. The Kier molecular flexibility index (Phi) is 2.47. The summed E-state index contributed by atoms with van der Waals surface area (Å²) in [7, 11) is 0. The Morgan fingerprint density at radius 1 is 1.31 bits per heavy atom. The average molecular weight is 194 g/mol. The summed E-state index contributed by atoms with van der Waals surface area (Å²) in [6.07, 6.45) is 0. The summed E-state index contributed by atoms with van der Waals surface area (Å²) >= 11 is 1.66. The van der Waals surface area contributed by atoms with Crippen LogP contribution in [0.25, 0.3) is 10.1 Å². The highest BCUT2D eigenvalue weighted by atomic mass is 32.1. The molecule has 1 aromatic heterocycles. The molecule has 0 amide bonds. The van der Waals surface area contributed by atoms with E-state index in [9.17, 15) is 0 Å². The van der Waals surface area contributed by atoms with Crippen molar-refractivity contribution in [2.75, 3.05) is 13.2 Å². The van der Waals surface area contributed by atoms with Crippen molar-refractivity contribution in [3.05, 3.63) is 29.6 Å². The molecule has 0 aliphatic rings. The molecule has 0 aliphatic carbocycles. The molecule has 0 atom stereocenters. The average Bonchev–Trinajstić information content (AvgIpc) is 2.58. The number of aliphatic hydroxyl groups excluding tert-OH is 1. The standard InChI is InChI=1S/C10H10O2S/c11-5-6-12-9-7-13-10-4-2-1-3-8(9)10/h1-4,7,11H,5-6H2. The van der Waals surface area contributed by atoms with Crippen molar-refractivity contribution < 1.29 is 9.84 Å². The molecule has 2 rings (SSSR count). The highest BCUT2D eigenvalue weighted by Crippen LogP contribution is 2.31. The first kappa shape index (κ1) is 8.53. The van der Waals surface area contributed by atoms with Crippen molar-refractivity contribution in [3.8, 4) is 5.75 Å². The molecule has 0 fully saturated rings. The van der Waals surface area contributed by atoms with Gasteiger partial charge in [-0.1, -0.05) is 12.1 Å². The fourth-order valence-corrected chi connectivity index (χ4v) is 2.10. The number of ether oxygens (including phenoxy) is 1. The van der Waals surface area contributed by atoms with Crippen LogP contribution in [0.2, 0.25) is 0 Å². The van der Waals surface area contributed by atoms with E-state index in [0.717, 1.165) is 11.1 Å². The van der Waals surface area contributed by atoms with Crippen LogP contribution in [-0.2, 0) is 0 Å². The van der Waals surface area contributed by atoms with Crippen molar-refractivity contribution in [2.45, 2.75) is 0 Å². The Morgan fingerprint density at radius 2 is 2.15 bits per heavy atom. The van der Waals surface area contributed by atoms with Crippen LogP contribution < -0.4 is 4.74 Å². The second-order valence-electron chi connectivity index (χ2n) is 2.67. The third-order valence-electron chi connectivity index (χ3n) is 1.79. The summed E-state index contributed by atoms with van der Waals surface area (Å²) in [4.78, 5) is 0. The van der Waals surface area contributed by atoms with Crippen LogP contribution in [0.4, 0.5) is 0 Å². The van der Waals surface area contributed by atoms with Crippen LogP contribution in [0.3, 0.4) is 0 Å².